The quantitative estimate of drug-likeness (QED) is 0.749. The summed E-state index contributed by atoms with van der Waals surface area (Å²) in [7, 11) is 0. The van der Waals surface area contributed by atoms with Gasteiger partial charge in [-0.3, -0.25) is 4.40 Å². The molecule has 0 fully saturated rings. The van der Waals surface area contributed by atoms with Crippen LogP contribution in [0.15, 0.2) is 35.1 Å². The predicted molar refractivity (Wildman–Crippen MR) is 73.1 cm³/mol. The number of aryl methyl sites for hydroxylation is 1. The Morgan fingerprint density at radius 2 is 2.11 bits per heavy atom. The highest BCUT2D eigenvalue weighted by Crippen LogP contribution is 2.27. The molecule has 3 heterocycles. The van der Waals surface area contributed by atoms with Gasteiger partial charge >= 0.3 is 0 Å². The Morgan fingerprint density at radius 1 is 1.28 bits per heavy atom. The number of aromatic nitrogens is 4. The van der Waals surface area contributed by atoms with Crippen molar-refractivity contribution in [2.45, 2.75) is 6.92 Å². The van der Waals surface area contributed by atoms with Gasteiger partial charge in [-0.05, 0) is 41.1 Å². The van der Waals surface area contributed by atoms with Gasteiger partial charge in [0.1, 0.15) is 17.3 Å². The number of anilines is 1. The van der Waals surface area contributed by atoms with Crippen LogP contribution in [0.2, 0.25) is 0 Å². The second-order valence-corrected chi connectivity index (χ2v) is 4.74. The van der Waals surface area contributed by atoms with Gasteiger partial charge in [0.05, 0.1) is 10.2 Å². The van der Waals surface area contributed by atoms with Crippen LogP contribution in [0.25, 0.3) is 17.0 Å². The first-order valence-corrected chi connectivity index (χ1v) is 6.18. The molecule has 3 aromatic heterocycles. The Hall–Kier alpha value is -1.95. The summed E-state index contributed by atoms with van der Waals surface area (Å²) >= 11 is 3.46. The Balaban J connectivity index is 2.30. The minimum absolute atomic E-state index is 0.574. The zero-order valence-electron chi connectivity index (χ0n) is 9.63. The summed E-state index contributed by atoms with van der Waals surface area (Å²) in [6, 6.07) is 5.64. The van der Waals surface area contributed by atoms with Gasteiger partial charge in [-0.1, -0.05) is 0 Å². The van der Waals surface area contributed by atoms with E-state index in [1.165, 1.54) is 0 Å². The number of imidazole rings is 1. The van der Waals surface area contributed by atoms with E-state index in [4.69, 9.17) is 5.73 Å². The zero-order chi connectivity index (χ0) is 12.7. The third-order valence-electron chi connectivity index (χ3n) is 2.66. The Morgan fingerprint density at radius 3 is 2.83 bits per heavy atom. The van der Waals surface area contributed by atoms with Gasteiger partial charge < -0.3 is 5.73 Å². The van der Waals surface area contributed by atoms with Crippen molar-refractivity contribution in [3.05, 3.63) is 40.9 Å². The highest BCUT2D eigenvalue weighted by atomic mass is 79.9. The number of nitrogen functional groups attached to an aromatic ring is 1. The molecule has 6 heteroatoms. The molecule has 0 aliphatic heterocycles. The maximum absolute atomic E-state index is 6.11. The standard InChI is InChI=1S/C12H10BrN5/c1-7-15-5-4-9(16-7)10-11(14)18-6-2-3-8(13)12(18)17-10/h2-6H,14H2,1H3. The number of halogens is 1. The fourth-order valence-electron chi connectivity index (χ4n) is 1.83. The largest absolute Gasteiger partial charge is 0.383 e. The molecule has 0 aliphatic carbocycles. The van der Waals surface area contributed by atoms with Crippen LogP contribution in [-0.4, -0.2) is 19.4 Å². The van der Waals surface area contributed by atoms with Crippen molar-refractivity contribution < 1.29 is 0 Å². The lowest BCUT2D eigenvalue weighted by molar-refractivity contribution is 1.05. The van der Waals surface area contributed by atoms with Gasteiger partial charge in [-0.15, -0.1) is 0 Å². The van der Waals surface area contributed by atoms with E-state index in [1.54, 1.807) is 12.3 Å². The number of fused-ring (bicyclic) bond motifs is 1. The molecular formula is C12H10BrN5. The van der Waals surface area contributed by atoms with Crippen molar-refractivity contribution in [3.8, 4) is 11.4 Å². The molecule has 0 aromatic carbocycles. The minimum atomic E-state index is 0.574. The van der Waals surface area contributed by atoms with Gasteiger partial charge in [0.25, 0.3) is 0 Å². The van der Waals surface area contributed by atoms with Crippen LogP contribution in [0.3, 0.4) is 0 Å². The summed E-state index contributed by atoms with van der Waals surface area (Å²) in [5.74, 6) is 1.27. The lowest BCUT2D eigenvalue weighted by atomic mass is 10.3. The van der Waals surface area contributed by atoms with Crippen LogP contribution in [0.4, 0.5) is 5.82 Å². The molecule has 0 atom stereocenters. The van der Waals surface area contributed by atoms with E-state index in [9.17, 15) is 0 Å². The van der Waals surface area contributed by atoms with Gasteiger partial charge in [-0.25, -0.2) is 15.0 Å². The first-order valence-electron chi connectivity index (χ1n) is 5.39. The molecule has 2 N–H and O–H groups in total. The summed E-state index contributed by atoms with van der Waals surface area (Å²) in [6.07, 6.45) is 3.58. The molecule has 0 saturated carbocycles. The molecule has 5 nitrogen and oxygen atoms in total. The van der Waals surface area contributed by atoms with E-state index in [0.717, 1.165) is 15.8 Å². The number of nitrogens with two attached hydrogens (primary N) is 1. The molecule has 0 spiro atoms. The molecule has 0 saturated heterocycles. The van der Waals surface area contributed by atoms with Crippen LogP contribution in [-0.2, 0) is 0 Å². The van der Waals surface area contributed by atoms with Crippen molar-refractivity contribution in [2.24, 2.45) is 0 Å². The van der Waals surface area contributed by atoms with E-state index in [1.807, 2.05) is 29.7 Å². The van der Waals surface area contributed by atoms with Crippen LogP contribution in [0.5, 0.6) is 0 Å². The smallest absolute Gasteiger partial charge is 0.153 e. The number of rotatable bonds is 1. The highest BCUT2D eigenvalue weighted by molar-refractivity contribution is 9.10. The average Bonchev–Trinajstić information content (AvgIpc) is 2.69. The van der Waals surface area contributed by atoms with E-state index in [2.05, 4.69) is 30.9 Å². The fourth-order valence-corrected chi connectivity index (χ4v) is 2.26. The fraction of sp³-hybridized carbons (Fsp3) is 0.0833. The monoisotopic (exact) mass is 303 g/mol. The van der Waals surface area contributed by atoms with Gasteiger partial charge in [0.15, 0.2) is 5.65 Å². The molecule has 0 aliphatic rings. The molecule has 90 valence electrons. The van der Waals surface area contributed by atoms with E-state index in [-0.39, 0.29) is 0 Å². The summed E-state index contributed by atoms with van der Waals surface area (Å²) in [4.78, 5) is 12.9. The van der Waals surface area contributed by atoms with Crippen molar-refractivity contribution in [2.75, 3.05) is 5.73 Å². The van der Waals surface area contributed by atoms with Crippen molar-refractivity contribution >= 4 is 27.4 Å². The molecule has 0 unspecified atom stereocenters. The number of nitrogens with zero attached hydrogens (tertiary/aromatic N) is 4. The summed E-state index contributed by atoms with van der Waals surface area (Å²) in [6.45, 7) is 1.84. The number of pyridine rings is 1. The van der Waals surface area contributed by atoms with Crippen molar-refractivity contribution in [1.29, 1.82) is 0 Å². The lowest BCUT2D eigenvalue weighted by Crippen LogP contribution is -1.96. The lowest BCUT2D eigenvalue weighted by Gasteiger charge is -1.99. The normalized spacial score (nSPS) is 11.0. The molecule has 3 rings (SSSR count). The van der Waals surface area contributed by atoms with Crippen LogP contribution < -0.4 is 5.73 Å². The van der Waals surface area contributed by atoms with Crippen LogP contribution in [0, 0.1) is 6.92 Å². The van der Waals surface area contributed by atoms with Crippen LogP contribution >= 0.6 is 15.9 Å². The third kappa shape index (κ3) is 1.65. The molecule has 18 heavy (non-hydrogen) atoms. The Labute approximate surface area is 112 Å². The SMILES string of the molecule is Cc1nccc(-c2nc3c(Br)cccn3c2N)n1. The second-order valence-electron chi connectivity index (χ2n) is 3.88. The topological polar surface area (TPSA) is 69.1 Å². The third-order valence-corrected chi connectivity index (χ3v) is 3.28. The van der Waals surface area contributed by atoms with Gasteiger partial charge in [0, 0.05) is 12.4 Å². The molecule has 3 aromatic rings. The predicted octanol–water partition coefficient (Wildman–Crippen LogP) is 2.44. The van der Waals surface area contributed by atoms with Crippen molar-refractivity contribution in [3.63, 3.8) is 0 Å². The number of hydrogen-bond donors (Lipinski definition) is 1. The first kappa shape index (κ1) is 11.2. The van der Waals surface area contributed by atoms with E-state index in [0.29, 0.717) is 17.3 Å². The molecule has 0 radical (unpaired) electrons. The summed E-state index contributed by atoms with van der Waals surface area (Å²) in [5, 5.41) is 0. The van der Waals surface area contributed by atoms with E-state index < -0.39 is 0 Å². The first-order chi connectivity index (χ1) is 8.66. The minimum Gasteiger partial charge on any atom is -0.383 e. The molecular weight excluding hydrogens is 294 g/mol. The highest BCUT2D eigenvalue weighted by Gasteiger charge is 2.14. The van der Waals surface area contributed by atoms with E-state index >= 15 is 0 Å². The Kier molecular flexibility index (Phi) is 2.52. The van der Waals surface area contributed by atoms with Gasteiger partial charge in [-0.2, -0.15) is 0 Å². The Bertz CT molecular complexity index is 734. The maximum Gasteiger partial charge on any atom is 0.153 e. The summed E-state index contributed by atoms with van der Waals surface area (Å²) in [5.41, 5.74) is 8.29. The average molecular weight is 304 g/mol. The van der Waals surface area contributed by atoms with Crippen LogP contribution in [0.1, 0.15) is 5.82 Å². The maximum atomic E-state index is 6.11. The molecule has 0 bridgehead atoms. The zero-order valence-corrected chi connectivity index (χ0v) is 11.2. The summed E-state index contributed by atoms with van der Waals surface area (Å²) < 4.78 is 2.73. The van der Waals surface area contributed by atoms with Crippen molar-refractivity contribution in [1.82, 2.24) is 19.4 Å². The number of hydrogen-bond acceptors (Lipinski definition) is 4. The van der Waals surface area contributed by atoms with Gasteiger partial charge in [0.2, 0.25) is 0 Å². The molecule has 0 amide bonds. The second kappa shape index (κ2) is 4.06.